The molecule has 132 valence electrons. The molecule has 0 radical (unpaired) electrons. The predicted octanol–water partition coefficient (Wildman–Crippen LogP) is 1.64. The van der Waals surface area contributed by atoms with Gasteiger partial charge in [0.05, 0.1) is 11.9 Å². The number of anilines is 3. The van der Waals surface area contributed by atoms with Gasteiger partial charge in [0.15, 0.2) is 0 Å². The van der Waals surface area contributed by atoms with Gasteiger partial charge < -0.3 is 15.1 Å². The molecule has 4 heterocycles. The van der Waals surface area contributed by atoms with Crippen LogP contribution in [0.5, 0.6) is 0 Å². The fraction of sp³-hybridized carbons (Fsp3) is 0.529. The summed E-state index contributed by atoms with van der Waals surface area (Å²) in [6.07, 6.45) is 9.72. The highest BCUT2D eigenvalue weighted by Gasteiger charge is 2.39. The van der Waals surface area contributed by atoms with Crippen LogP contribution in [0.25, 0.3) is 0 Å². The van der Waals surface area contributed by atoms with Crippen molar-refractivity contribution in [3.63, 3.8) is 0 Å². The van der Waals surface area contributed by atoms with E-state index >= 15 is 0 Å². The summed E-state index contributed by atoms with van der Waals surface area (Å²) in [5, 5.41) is 7.53. The van der Waals surface area contributed by atoms with Crippen molar-refractivity contribution in [2.24, 2.45) is 0 Å². The third-order valence-corrected chi connectivity index (χ3v) is 4.97. The van der Waals surface area contributed by atoms with E-state index in [0.717, 1.165) is 56.8 Å². The van der Waals surface area contributed by atoms with Gasteiger partial charge in [0.2, 0.25) is 12.4 Å². The fourth-order valence-electron chi connectivity index (χ4n) is 3.79. The molecule has 8 heteroatoms. The molecule has 2 aliphatic rings. The highest BCUT2D eigenvalue weighted by Crippen LogP contribution is 2.31. The Balaban J connectivity index is 1.47. The van der Waals surface area contributed by atoms with E-state index in [2.05, 4.69) is 32.2 Å². The molecule has 8 nitrogen and oxygen atoms in total. The second-order valence-electron chi connectivity index (χ2n) is 6.70. The summed E-state index contributed by atoms with van der Waals surface area (Å²) < 4.78 is 1.91. The Bertz CT molecular complexity index is 732. The normalized spacial score (nSPS) is 22.3. The molecule has 1 N–H and O–H groups in total. The molecular formula is C17H23N7O. The van der Waals surface area contributed by atoms with E-state index in [0.29, 0.717) is 18.0 Å². The van der Waals surface area contributed by atoms with Crippen LogP contribution in [0.1, 0.15) is 26.2 Å². The van der Waals surface area contributed by atoms with Crippen LogP contribution in [-0.2, 0) is 11.3 Å². The fourth-order valence-corrected chi connectivity index (χ4v) is 3.79. The minimum atomic E-state index is 0.301. The number of rotatable bonds is 6. The Morgan fingerprint density at radius 1 is 1.32 bits per heavy atom. The van der Waals surface area contributed by atoms with E-state index < -0.39 is 0 Å². The Hall–Kier alpha value is -2.64. The third-order valence-electron chi connectivity index (χ3n) is 4.97. The minimum Gasteiger partial charge on any atom is -0.352 e. The Morgan fingerprint density at radius 2 is 2.12 bits per heavy atom. The molecule has 0 unspecified atom stereocenters. The van der Waals surface area contributed by atoms with Crippen LogP contribution >= 0.6 is 0 Å². The summed E-state index contributed by atoms with van der Waals surface area (Å²) in [6.45, 7) is 4.69. The van der Waals surface area contributed by atoms with E-state index in [1.807, 2.05) is 21.8 Å². The van der Waals surface area contributed by atoms with Crippen LogP contribution in [-0.4, -0.2) is 56.2 Å². The van der Waals surface area contributed by atoms with E-state index in [4.69, 9.17) is 0 Å². The molecule has 0 aromatic carbocycles. The molecule has 25 heavy (non-hydrogen) atoms. The zero-order valence-corrected chi connectivity index (χ0v) is 14.4. The Morgan fingerprint density at radius 3 is 2.84 bits per heavy atom. The molecule has 4 rings (SSSR count). The van der Waals surface area contributed by atoms with E-state index in [1.165, 1.54) is 0 Å². The molecule has 2 fully saturated rings. The van der Waals surface area contributed by atoms with Gasteiger partial charge >= 0.3 is 0 Å². The van der Waals surface area contributed by atoms with Crippen molar-refractivity contribution >= 4 is 23.9 Å². The van der Waals surface area contributed by atoms with Gasteiger partial charge in [-0.1, -0.05) is 6.92 Å². The number of piperazine rings is 1. The number of nitrogens with one attached hydrogen (secondary N) is 1. The zero-order chi connectivity index (χ0) is 17.2. The molecule has 0 aliphatic carbocycles. The van der Waals surface area contributed by atoms with Gasteiger partial charge in [-0.2, -0.15) is 10.1 Å². The first-order valence-electron chi connectivity index (χ1n) is 8.87. The molecule has 2 aromatic heterocycles. The number of amides is 1. The standard InChI is InChI=1S/C17H23N7O/c1-2-7-23-9-13(8-19-23)20-17-18-6-5-16(21-17)22-10-14-3-4-15(11-22)24(14)12-25/h5-6,8-9,12,14-15H,2-4,7,10-11H2,1H3,(H,18,20,21)/t14-,15-/m0/s1. The molecule has 2 atom stereocenters. The molecule has 2 saturated heterocycles. The summed E-state index contributed by atoms with van der Waals surface area (Å²) >= 11 is 0. The second kappa shape index (κ2) is 6.70. The number of carbonyl (C=O) groups is 1. The van der Waals surface area contributed by atoms with Crippen LogP contribution < -0.4 is 10.2 Å². The monoisotopic (exact) mass is 341 g/mol. The number of nitrogens with zero attached hydrogens (tertiary/aromatic N) is 6. The number of carbonyl (C=O) groups excluding carboxylic acids is 1. The summed E-state index contributed by atoms with van der Waals surface area (Å²) in [7, 11) is 0. The first-order chi connectivity index (χ1) is 12.3. The average molecular weight is 341 g/mol. The Kier molecular flexibility index (Phi) is 4.25. The predicted molar refractivity (Wildman–Crippen MR) is 94.8 cm³/mol. The van der Waals surface area contributed by atoms with Gasteiger partial charge in [-0.3, -0.25) is 9.48 Å². The number of aryl methyl sites for hydroxylation is 1. The molecule has 2 aromatic rings. The first kappa shape index (κ1) is 15.9. The number of aromatic nitrogens is 4. The summed E-state index contributed by atoms with van der Waals surface area (Å²) in [5.74, 6) is 1.47. The van der Waals surface area contributed by atoms with Crippen LogP contribution in [0, 0.1) is 0 Å². The van der Waals surface area contributed by atoms with E-state index in [1.54, 1.807) is 12.4 Å². The topological polar surface area (TPSA) is 79.2 Å². The lowest BCUT2D eigenvalue weighted by Crippen LogP contribution is -2.53. The summed E-state index contributed by atoms with van der Waals surface area (Å²) in [4.78, 5) is 24.4. The second-order valence-corrected chi connectivity index (χ2v) is 6.70. The lowest BCUT2D eigenvalue weighted by Gasteiger charge is -2.39. The van der Waals surface area contributed by atoms with Crippen molar-refractivity contribution < 1.29 is 4.79 Å². The highest BCUT2D eigenvalue weighted by molar-refractivity contribution is 5.55. The number of hydrogen-bond acceptors (Lipinski definition) is 6. The Labute approximate surface area is 146 Å². The van der Waals surface area contributed by atoms with Gasteiger partial charge in [-0.05, 0) is 25.3 Å². The van der Waals surface area contributed by atoms with Crippen LogP contribution in [0.15, 0.2) is 24.7 Å². The third kappa shape index (κ3) is 3.16. The average Bonchev–Trinajstić information content (AvgIpc) is 3.16. The summed E-state index contributed by atoms with van der Waals surface area (Å²) in [5.41, 5.74) is 0.886. The lowest BCUT2D eigenvalue weighted by molar-refractivity contribution is -0.121. The molecule has 0 spiro atoms. The summed E-state index contributed by atoms with van der Waals surface area (Å²) in [6, 6.07) is 2.53. The van der Waals surface area contributed by atoms with Gasteiger partial charge in [0, 0.05) is 44.1 Å². The maximum atomic E-state index is 11.2. The van der Waals surface area contributed by atoms with Gasteiger partial charge in [-0.15, -0.1) is 0 Å². The first-order valence-corrected chi connectivity index (χ1v) is 8.87. The van der Waals surface area contributed by atoms with Crippen molar-refractivity contribution in [1.29, 1.82) is 0 Å². The van der Waals surface area contributed by atoms with Crippen molar-refractivity contribution in [2.75, 3.05) is 23.3 Å². The molecular weight excluding hydrogens is 318 g/mol. The van der Waals surface area contributed by atoms with Crippen LogP contribution in [0.4, 0.5) is 17.5 Å². The maximum absolute atomic E-state index is 11.2. The number of fused-ring (bicyclic) bond motifs is 2. The van der Waals surface area contributed by atoms with Gasteiger partial charge in [-0.25, -0.2) is 4.98 Å². The minimum absolute atomic E-state index is 0.301. The quantitative estimate of drug-likeness (QED) is 0.805. The van der Waals surface area contributed by atoms with Gasteiger partial charge in [0.1, 0.15) is 5.82 Å². The van der Waals surface area contributed by atoms with Crippen molar-refractivity contribution in [2.45, 2.75) is 44.8 Å². The van der Waals surface area contributed by atoms with Gasteiger partial charge in [0.25, 0.3) is 0 Å². The van der Waals surface area contributed by atoms with E-state index in [-0.39, 0.29) is 0 Å². The SMILES string of the molecule is CCCn1cc(Nc2nccc(N3C[C@@H]4CC[C@@H](C3)N4C=O)n2)cn1. The molecule has 1 amide bonds. The van der Waals surface area contributed by atoms with E-state index in [9.17, 15) is 4.79 Å². The van der Waals surface area contributed by atoms with Crippen molar-refractivity contribution in [3.8, 4) is 0 Å². The van der Waals surface area contributed by atoms with Crippen molar-refractivity contribution in [3.05, 3.63) is 24.7 Å². The van der Waals surface area contributed by atoms with Crippen molar-refractivity contribution in [1.82, 2.24) is 24.6 Å². The highest BCUT2D eigenvalue weighted by atomic mass is 16.1. The maximum Gasteiger partial charge on any atom is 0.229 e. The zero-order valence-electron chi connectivity index (χ0n) is 14.4. The van der Waals surface area contributed by atoms with Crippen LogP contribution in [0.2, 0.25) is 0 Å². The molecule has 0 saturated carbocycles. The smallest absolute Gasteiger partial charge is 0.229 e. The largest absolute Gasteiger partial charge is 0.352 e. The van der Waals surface area contributed by atoms with Crippen LogP contribution in [0.3, 0.4) is 0 Å². The lowest BCUT2D eigenvalue weighted by atomic mass is 10.2. The molecule has 2 bridgehead atoms. The number of hydrogen-bond donors (Lipinski definition) is 1. The molecule has 2 aliphatic heterocycles.